The number of para-hydroxylation sites is 2. The second-order valence-corrected chi connectivity index (χ2v) is 6.22. The first-order valence-corrected chi connectivity index (χ1v) is 9.29. The second kappa shape index (κ2) is 13.2. The minimum atomic E-state index is -1.01. The maximum absolute atomic E-state index is 13.8. The summed E-state index contributed by atoms with van der Waals surface area (Å²) in [7, 11) is 1.60. The van der Waals surface area contributed by atoms with E-state index in [-0.39, 0.29) is 42.2 Å². The van der Waals surface area contributed by atoms with E-state index in [4.69, 9.17) is 9.47 Å². The summed E-state index contributed by atoms with van der Waals surface area (Å²) in [4.78, 5) is 4.34. The summed E-state index contributed by atoms with van der Waals surface area (Å²) in [6.07, 6.45) is -1.17. The van der Waals surface area contributed by atoms with E-state index in [2.05, 4.69) is 15.6 Å². The van der Waals surface area contributed by atoms with Crippen LogP contribution >= 0.6 is 24.0 Å². The fourth-order valence-electron chi connectivity index (χ4n) is 2.58. The predicted molar refractivity (Wildman–Crippen MR) is 124 cm³/mol. The molecule has 6 nitrogen and oxygen atoms in total. The van der Waals surface area contributed by atoms with Crippen LogP contribution in [0.5, 0.6) is 11.5 Å². The van der Waals surface area contributed by atoms with Crippen LogP contribution in [0.25, 0.3) is 0 Å². The van der Waals surface area contributed by atoms with Gasteiger partial charge in [0, 0.05) is 12.1 Å². The molecule has 0 fully saturated rings. The summed E-state index contributed by atoms with van der Waals surface area (Å²) < 4.78 is 25.0. The van der Waals surface area contributed by atoms with Crippen molar-refractivity contribution in [1.82, 2.24) is 10.6 Å². The molecule has 8 heteroatoms. The smallest absolute Gasteiger partial charge is 0.191 e. The zero-order valence-electron chi connectivity index (χ0n) is 16.9. The zero-order valence-corrected chi connectivity index (χ0v) is 19.2. The molecule has 2 aromatic rings. The summed E-state index contributed by atoms with van der Waals surface area (Å²) in [5.41, 5.74) is 0.231. The van der Waals surface area contributed by atoms with Crippen molar-refractivity contribution in [3.63, 3.8) is 0 Å². The molecule has 0 saturated carbocycles. The van der Waals surface area contributed by atoms with Gasteiger partial charge in [-0.1, -0.05) is 30.3 Å². The molecular weight excluding hydrogens is 488 g/mol. The highest BCUT2D eigenvalue weighted by Crippen LogP contribution is 2.26. The molecule has 0 heterocycles. The van der Waals surface area contributed by atoms with Gasteiger partial charge < -0.3 is 25.2 Å². The van der Waals surface area contributed by atoms with Crippen molar-refractivity contribution in [3.8, 4) is 11.5 Å². The van der Waals surface area contributed by atoms with Crippen molar-refractivity contribution >= 4 is 29.9 Å². The molecule has 0 spiro atoms. The Labute approximate surface area is 188 Å². The largest absolute Gasteiger partial charge is 0.493 e. The summed E-state index contributed by atoms with van der Waals surface area (Å²) >= 11 is 0. The number of ether oxygens (including phenoxy) is 2. The van der Waals surface area contributed by atoms with E-state index in [1.165, 1.54) is 6.07 Å². The van der Waals surface area contributed by atoms with Gasteiger partial charge in [-0.05, 0) is 32.0 Å². The predicted octanol–water partition coefficient (Wildman–Crippen LogP) is 3.51. The maximum atomic E-state index is 13.8. The standard InChI is InChI=1S/C21H28FN3O3.HI/c1-4-23-21(25-14-18(26)16-9-5-6-10-17(16)22)24-13-15(2)28-20-12-8-7-11-19(20)27-3;/h5-12,15,18,26H,4,13-14H2,1-3H3,(H2,23,24,25);1H. The topological polar surface area (TPSA) is 75.1 Å². The van der Waals surface area contributed by atoms with Gasteiger partial charge in [-0.15, -0.1) is 24.0 Å². The summed E-state index contributed by atoms with van der Waals surface area (Å²) in [5.74, 6) is 1.41. The van der Waals surface area contributed by atoms with Crippen molar-refractivity contribution in [2.75, 3.05) is 26.7 Å². The Morgan fingerprint density at radius 2 is 1.76 bits per heavy atom. The molecule has 2 aromatic carbocycles. The van der Waals surface area contributed by atoms with Gasteiger partial charge in [-0.2, -0.15) is 0 Å². The Balaban J connectivity index is 0.00000420. The van der Waals surface area contributed by atoms with Gasteiger partial charge in [0.2, 0.25) is 0 Å². The van der Waals surface area contributed by atoms with E-state index < -0.39 is 11.9 Å². The van der Waals surface area contributed by atoms with Gasteiger partial charge in [0.15, 0.2) is 17.5 Å². The summed E-state index contributed by atoms with van der Waals surface area (Å²) in [6.45, 7) is 5.05. The Morgan fingerprint density at radius 3 is 2.41 bits per heavy atom. The van der Waals surface area contributed by atoms with Crippen LogP contribution in [0.3, 0.4) is 0 Å². The van der Waals surface area contributed by atoms with Crippen molar-refractivity contribution in [2.24, 2.45) is 4.99 Å². The number of benzene rings is 2. The van der Waals surface area contributed by atoms with Gasteiger partial charge in [-0.25, -0.2) is 4.39 Å². The SMILES string of the molecule is CCNC(=NCC(O)c1ccccc1F)NCC(C)Oc1ccccc1OC.I. The third-order valence-corrected chi connectivity index (χ3v) is 3.98. The number of halogens is 2. The van der Waals surface area contributed by atoms with Gasteiger partial charge >= 0.3 is 0 Å². The van der Waals surface area contributed by atoms with Crippen LogP contribution in [0, 0.1) is 5.82 Å². The molecular formula is C21H29FIN3O3. The first kappa shape index (κ1) is 25.0. The lowest BCUT2D eigenvalue weighted by atomic mass is 10.1. The Morgan fingerprint density at radius 1 is 1.10 bits per heavy atom. The number of methoxy groups -OCH3 is 1. The molecule has 160 valence electrons. The lowest BCUT2D eigenvalue weighted by Gasteiger charge is -2.19. The normalized spacial score (nSPS) is 13.1. The number of hydrogen-bond donors (Lipinski definition) is 3. The minimum Gasteiger partial charge on any atom is -0.493 e. The highest BCUT2D eigenvalue weighted by Gasteiger charge is 2.13. The molecule has 0 bridgehead atoms. The fraction of sp³-hybridized carbons (Fsp3) is 0.381. The number of rotatable bonds is 9. The molecule has 2 unspecified atom stereocenters. The van der Waals surface area contributed by atoms with Crippen LogP contribution in [0.15, 0.2) is 53.5 Å². The van der Waals surface area contributed by atoms with E-state index in [0.29, 0.717) is 30.5 Å². The average molecular weight is 517 g/mol. The molecule has 0 saturated heterocycles. The van der Waals surface area contributed by atoms with Crippen molar-refractivity contribution in [1.29, 1.82) is 0 Å². The first-order chi connectivity index (χ1) is 13.5. The first-order valence-electron chi connectivity index (χ1n) is 9.29. The number of aliphatic hydroxyl groups is 1. The van der Waals surface area contributed by atoms with Crippen LogP contribution in [0.1, 0.15) is 25.5 Å². The molecule has 0 aliphatic rings. The Kier molecular flexibility index (Phi) is 11.4. The molecule has 0 amide bonds. The quantitative estimate of drug-likeness (QED) is 0.270. The third-order valence-electron chi connectivity index (χ3n) is 3.98. The van der Waals surface area contributed by atoms with Crippen LogP contribution in [-0.2, 0) is 0 Å². The van der Waals surface area contributed by atoms with Crippen LogP contribution in [0.4, 0.5) is 4.39 Å². The number of aliphatic hydroxyl groups excluding tert-OH is 1. The van der Waals surface area contributed by atoms with Gasteiger partial charge in [0.25, 0.3) is 0 Å². The van der Waals surface area contributed by atoms with E-state index in [0.717, 1.165) is 0 Å². The molecule has 0 radical (unpaired) electrons. The monoisotopic (exact) mass is 517 g/mol. The molecule has 2 rings (SSSR count). The third kappa shape index (κ3) is 8.06. The number of nitrogens with one attached hydrogen (secondary N) is 2. The summed E-state index contributed by atoms with van der Waals surface area (Å²) in [6, 6.07) is 13.6. The van der Waals surface area contributed by atoms with E-state index in [1.54, 1.807) is 25.3 Å². The average Bonchev–Trinajstić information content (AvgIpc) is 2.70. The molecule has 0 aromatic heterocycles. The fourth-order valence-corrected chi connectivity index (χ4v) is 2.58. The van der Waals surface area contributed by atoms with Gasteiger partial charge in [0.05, 0.1) is 20.2 Å². The number of aliphatic imine (C=N–C) groups is 1. The summed E-state index contributed by atoms with van der Waals surface area (Å²) in [5, 5.41) is 16.5. The van der Waals surface area contributed by atoms with Crippen LogP contribution in [0.2, 0.25) is 0 Å². The molecule has 29 heavy (non-hydrogen) atoms. The molecule has 0 aliphatic carbocycles. The second-order valence-electron chi connectivity index (χ2n) is 6.22. The van der Waals surface area contributed by atoms with E-state index >= 15 is 0 Å². The van der Waals surface area contributed by atoms with Crippen molar-refractivity contribution in [2.45, 2.75) is 26.1 Å². The Bertz CT molecular complexity index is 776. The van der Waals surface area contributed by atoms with Crippen LogP contribution in [-0.4, -0.2) is 43.9 Å². The molecule has 2 atom stereocenters. The van der Waals surface area contributed by atoms with Gasteiger partial charge in [0.1, 0.15) is 18.0 Å². The zero-order chi connectivity index (χ0) is 20.4. The number of guanidine groups is 1. The molecule has 0 aliphatic heterocycles. The lowest BCUT2D eigenvalue weighted by molar-refractivity contribution is 0.182. The Hall–Kier alpha value is -2.07. The molecule has 3 N–H and O–H groups in total. The number of hydrogen-bond acceptors (Lipinski definition) is 4. The van der Waals surface area contributed by atoms with Crippen molar-refractivity contribution < 1.29 is 19.0 Å². The van der Waals surface area contributed by atoms with Gasteiger partial charge in [-0.3, -0.25) is 4.99 Å². The highest BCUT2D eigenvalue weighted by atomic mass is 127. The van der Waals surface area contributed by atoms with Crippen molar-refractivity contribution in [3.05, 3.63) is 59.9 Å². The highest BCUT2D eigenvalue weighted by molar-refractivity contribution is 14.0. The van der Waals surface area contributed by atoms with E-state index in [1.807, 2.05) is 38.1 Å². The lowest BCUT2D eigenvalue weighted by Crippen LogP contribution is -2.42. The van der Waals surface area contributed by atoms with E-state index in [9.17, 15) is 9.50 Å². The van der Waals surface area contributed by atoms with Crippen LogP contribution < -0.4 is 20.1 Å². The maximum Gasteiger partial charge on any atom is 0.191 e. The minimum absolute atomic E-state index is 0. The number of nitrogens with zero attached hydrogens (tertiary/aromatic N) is 1.